The van der Waals surface area contributed by atoms with E-state index >= 15 is 0 Å². The predicted octanol–water partition coefficient (Wildman–Crippen LogP) is 0.765. The summed E-state index contributed by atoms with van der Waals surface area (Å²) >= 11 is 0. The number of hydrazine groups is 1. The third kappa shape index (κ3) is 5.98. The average molecular weight is 284 g/mol. The summed E-state index contributed by atoms with van der Waals surface area (Å²) in [5.41, 5.74) is 2.36. The fraction of sp³-hybridized carbons (Fsp3) is 0.750. The monoisotopic (exact) mass is 284 g/mol. The van der Waals surface area contributed by atoms with Crippen LogP contribution in [0.1, 0.15) is 33.6 Å². The van der Waals surface area contributed by atoms with Crippen molar-refractivity contribution in [3.8, 4) is 6.01 Å². The second-order valence-corrected chi connectivity index (χ2v) is 4.92. The van der Waals surface area contributed by atoms with Gasteiger partial charge in [0.25, 0.3) is 0 Å². The molecule has 0 saturated carbocycles. The van der Waals surface area contributed by atoms with E-state index in [-0.39, 0.29) is 12.0 Å². The molecule has 1 aromatic rings. The number of rotatable bonds is 9. The van der Waals surface area contributed by atoms with Crippen molar-refractivity contribution in [2.45, 2.75) is 39.7 Å². The van der Waals surface area contributed by atoms with E-state index in [1.165, 1.54) is 0 Å². The van der Waals surface area contributed by atoms with E-state index in [1.807, 2.05) is 6.92 Å². The van der Waals surface area contributed by atoms with Crippen LogP contribution in [-0.4, -0.2) is 39.3 Å². The summed E-state index contributed by atoms with van der Waals surface area (Å²) in [6.07, 6.45) is 1.10. The average Bonchev–Trinajstić information content (AvgIpc) is 2.42. The van der Waals surface area contributed by atoms with Gasteiger partial charge in [-0.15, -0.1) is 0 Å². The van der Waals surface area contributed by atoms with E-state index in [2.05, 4.69) is 39.5 Å². The zero-order chi connectivity index (χ0) is 15.0. The van der Waals surface area contributed by atoms with Crippen LogP contribution in [0.25, 0.3) is 0 Å². The maximum atomic E-state index is 9.81. The van der Waals surface area contributed by atoms with Gasteiger partial charge in [-0.05, 0) is 18.8 Å². The molecule has 1 atom stereocenters. The lowest BCUT2D eigenvalue weighted by Crippen LogP contribution is -2.23. The molecule has 5 N–H and O–H groups in total. The molecule has 114 valence electrons. The van der Waals surface area contributed by atoms with Crippen LogP contribution in [0, 0.1) is 5.92 Å². The molecule has 8 heteroatoms. The van der Waals surface area contributed by atoms with Crippen LogP contribution in [0.4, 0.5) is 11.9 Å². The summed E-state index contributed by atoms with van der Waals surface area (Å²) in [5, 5.41) is 12.8. The number of nitrogen functional groups attached to an aromatic ring is 1. The first-order valence-corrected chi connectivity index (χ1v) is 6.82. The van der Waals surface area contributed by atoms with Gasteiger partial charge in [-0.3, -0.25) is 5.43 Å². The molecular formula is C12H24N6O2. The summed E-state index contributed by atoms with van der Waals surface area (Å²) in [5.74, 6) is 6.26. The van der Waals surface area contributed by atoms with Gasteiger partial charge in [-0.1, -0.05) is 20.8 Å². The smallest absolute Gasteiger partial charge is 0.323 e. The molecule has 0 spiro atoms. The standard InChI is InChI=1S/C12H24N6O2/c1-4-5-20-12-16-10(15-11(17-12)18-13)14-7-9(19)6-8(2)3/h8-9,19H,4-7,13H2,1-3H3,(H2,14,15,16,17,18). The number of anilines is 2. The van der Waals surface area contributed by atoms with Gasteiger partial charge >= 0.3 is 6.01 Å². The fourth-order valence-corrected chi connectivity index (χ4v) is 1.59. The molecular weight excluding hydrogens is 260 g/mol. The Morgan fingerprint density at radius 3 is 2.55 bits per heavy atom. The van der Waals surface area contributed by atoms with Gasteiger partial charge in [0.15, 0.2) is 0 Å². The molecule has 0 radical (unpaired) electrons. The summed E-state index contributed by atoms with van der Waals surface area (Å²) < 4.78 is 5.35. The maximum Gasteiger partial charge on any atom is 0.323 e. The number of hydrogen-bond acceptors (Lipinski definition) is 8. The number of hydrogen-bond donors (Lipinski definition) is 4. The Morgan fingerprint density at radius 1 is 1.25 bits per heavy atom. The highest BCUT2D eigenvalue weighted by molar-refractivity contribution is 5.34. The van der Waals surface area contributed by atoms with Crippen LogP contribution < -0.4 is 21.3 Å². The van der Waals surface area contributed by atoms with Crippen molar-refractivity contribution < 1.29 is 9.84 Å². The zero-order valence-corrected chi connectivity index (χ0v) is 12.3. The third-order valence-electron chi connectivity index (χ3n) is 2.42. The summed E-state index contributed by atoms with van der Waals surface area (Å²) in [7, 11) is 0. The fourth-order valence-electron chi connectivity index (χ4n) is 1.59. The number of aliphatic hydroxyl groups is 1. The van der Waals surface area contributed by atoms with Crippen molar-refractivity contribution in [1.29, 1.82) is 0 Å². The Morgan fingerprint density at radius 2 is 1.95 bits per heavy atom. The first kappa shape index (κ1) is 16.4. The molecule has 0 bridgehead atoms. The lowest BCUT2D eigenvalue weighted by atomic mass is 10.1. The highest BCUT2D eigenvalue weighted by Gasteiger charge is 2.10. The minimum absolute atomic E-state index is 0.204. The minimum Gasteiger partial charge on any atom is -0.463 e. The summed E-state index contributed by atoms with van der Waals surface area (Å²) in [6.45, 7) is 6.98. The lowest BCUT2D eigenvalue weighted by molar-refractivity contribution is 0.161. The van der Waals surface area contributed by atoms with E-state index in [1.54, 1.807) is 0 Å². The number of nitrogens with one attached hydrogen (secondary N) is 2. The van der Waals surface area contributed by atoms with E-state index < -0.39 is 6.10 Å². The van der Waals surface area contributed by atoms with Gasteiger partial charge in [0.2, 0.25) is 11.9 Å². The molecule has 0 aliphatic heterocycles. The van der Waals surface area contributed by atoms with Crippen LogP contribution in [0.5, 0.6) is 6.01 Å². The Hall–Kier alpha value is -1.67. The molecule has 0 amide bonds. The van der Waals surface area contributed by atoms with Gasteiger partial charge in [-0.2, -0.15) is 15.0 Å². The molecule has 0 fully saturated rings. The second kappa shape index (κ2) is 8.49. The van der Waals surface area contributed by atoms with Crippen LogP contribution in [-0.2, 0) is 0 Å². The Labute approximate surface area is 119 Å². The Balaban J connectivity index is 2.63. The van der Waals surface area contributed by atoms with Crippen molar-refractivity contribution in [3.63, 3.8) is 0 Å². The summed E-state index contributed by atoms with van der Waals surface area (Å²) in [6, 6.07) is 0.204. The van der Waals surface area contributed by atoms with Gasteiger partial charge in [-0.25, -0.2) is 5.84 Å². The molecule has 1 heterocycles. The van der Waals surface area contributed by atoms with E-state index in [0.717, 1.165) is 6.42 Å². The Bertz CT molecular complexity index is 402. The number of nitrogens with two attached hydrogens (primary N) is 1. The SMILES string of the molecule is CCCOc1nc(NN)nc(NCC(O)CC(C)C)n1. The van der Waals surface area contributed by atoms with Gasteiger partial charge < -0.3 is 15.2 Å². The third-order valence-corrected chi connectivity index (χ3v) is 2.42. The van der Waals surface area contributed by atoms with Crippen LogP contribution in [0.3, 0.4) is 0 Å². The molecule has 0 aromatic carbocycles. The Kier molecular flexibility index (Phi) is 6.96. The van der Waals surface area contributed by atoms with Crippen LogP contribution in [0.2, 0.25) is 0 Å². The quantitative estimate of drug-likeness (QED) is 0.388. The van der Waals surface area contributed by atoms with Crippen molar-refractivity contribution in [2.24, 2.45) is 11.8 Å². The van der Waals surface area contributed by atoms with Gasteiger partial charge in [0.1, 0.15) is 0 Å². The molecule has 8 nitrogen and oxygen atoms in total. The molecule has 1 unspecified atom stereocenters. The first-order chi connectivity index (χ1) is 9.55. The molecule has 1 rings (SSSR count). The van der Waals surface area contributed by atoms with Gasteiger partial charge in [0.05, 0.1) is 12.7 Å². The number of aromatic nitrogens is 3. The molecule has 1 aromatic heterocycles. The summed E-state index contributed by atoms with van der Waals surface area (Å²) in [4.78, 5) is 12.1. The minimum atomic E-state index is -0.457. The van der Waals surface area contributed by atoms with E-state index in [0.29, 0.717) is 31.4 Å². The molecule has 0 aliphatic carbocycles. The second-order valence-electron chi connectivity index (χ2n) is 4.92. The van der Waals surface area contributed by atoms with Crippen LogP contribution in [0.15, 0.2) is 0 Å². The van der Waals surface area contributed by atoms with Crippen molar-refractivity contribution >= 4 is 11.9 Å². The topological polar surface area (TPSA) is 118 Å². The van der Waals surface area contributed by atoms with Crippen molar-refractivity contribution in [3.05, 3.63) is 0 Å². The maximum absolute atomic E-state index is 9.81. The van der Waals surface area contributed by atoms with E-state index in [9.17, 15) is 5.11 Å². The highest BCUT2D eigenvalue weighted by Crippen LogP contribution is 2.11. The van der Waals surface area contributed by atoms with Crippen LogP contribution >= 0.6 is 0 Å². The largest absolute Gasteiger partial charge is 0.463 e. The number of nitrogens with zero attached hydrogens (tertiary/aromatic N) is 3. The van der Waals surface area contributed by atoms with Gasteiger partial charge in [0, 0.05) is 6.54 Å². The molecule has 0 saturated heterocycles. The first-order valence-electron chi connectivity index (χ1n) is 6.82. The number of aliphatic hydroxyl groups excluding tert-OH is 1. The highest BCUT2D eigenvalue weighted by atomic mass is 16.5. The normalized spacial score (nSPS) is 12.3. The zero-order valence-electron chi connectivity index (χ0n) is 12.3. The lowest BCUT2D eigenvalue weighted by Gasteiger charge is -2.14. The molecule has 20 heavy (non-hydrogen) atoms. The molecule has 0 aliphatic rings. The number of ether oxygens (including phenoxy) is 1. The van der Waals surface area contributed by atoms with Crippen molar-refractivity contribution in [1.82, 2.24) is 15.0 Å². The van der Waals surface area contributed by atoms with E-state index in [4.69, 9.17) is 10.6 Å². The van der Waals surface area contributed by atoms with Crippen molar-refractivity contribution in [2.75, 3.05) is 23.9 Å². The predicted molar refractivity (Wildman–Crippen MR) is 77.4 cm³/mol.